The molecule has 6 heteroatoms. The van der Waals surface area contributed by atoms with E-state index in [9.17, 15) is 0 Å². The van der Waals surface area contributed by atoms with E-state index >= 15 is 0 Å². The summed E-state index contributed by atoms with van der Waals surface area (Å²) < 4.78 is 1.89. The molecule has 3 heterocycles. The minimum Gasteiger partial charge on any atom is -0.368 e. The van der Waals surface area contributed by atoms with Crippen molar-refractivity contribution in [2.24, 2.45) is 0 Å². The molecule has 0 unspecified atom stereocenters. The molecule has 3 rings (SSSR count). The second-order valence-corrected chi connectivity index (χ2v) is 6.76. The molecule has 0 saturated heterocycles. The minimum absolute atomic E-state index is 0.0316. The van der Waals surface area contributed by atoms with E-state index in [1.807, 2.05) is 16.2 Å². The number of fused-ring (bicyclic) bond motifs is 1. The van der Waals surface area contributed by atoms with Crippen molar-refractivity contribution < 1.29 is 0 Å². The Balaban J connectivity index is 1.80. The molecule has 0 aromatic carbocycles. The topological polar surface area (TPSA) is 55.1 Å². The third-order valence-electron chi connectivity index (χ3n) is 3.32. The van der Waals surface area contributed by atoms with Gasteiger partial charge in [0.15, 0.2) is 5.82 Å². The van der Waals surface area contributed by atoms with Gasteiger partial charge in [-0.1, -0.05) is 20.8 Å². The summed E-state index contributed by atoms with van der Waals surface area (Å²) in [6.45, 7) is 7.30. The molecule has 0 bridgehead atoms. The van der Waals surface area contributed by atoms with E-state index in [0.29, 0.717) is 0 Å². The fraction of sp³-hybridized carbons (Fsp3) is 0.400. The van der Waals surface area contributed by atoms with Gasteiger partial charge in [0.2, 0.25) is 0 Å². The van der Waals surface area contributed by atoms with Crippen LogP contribution < -0.4 is 5.32 Å². The quantitative estimate of drug-likeness (QED) is 0.804. The monoisotopic (exact) mass is 301 g/mol. The Bertz CT molecular complexity index is 724. The van der Waals surface area contributed by atoms with Gasteiger partial charge in [-0.05, 0) is 6.07 Å². The molecule has 0 aliphatic carbocycles. The molecular weight excluding hydrogens is 282 g/mol. The third-order valence-corrected chi connectivity index (χ3v) is 3.95. The van der Waals surface area contributed by atoms with Gasteiger partial charge in [-0.15, -0.1) is 11.3 Å². The van der Waals surface area contributed by atoms with Crippen LogP contribution in [0.5, 0.6) is 0 Å². The van der Waals surface area contributed by atoms with Crippen molar-refractivity contribution in [2.75, 3.05) is 11.9 Å². The van der Waals surface area contributed by atoms with Crippen LogP contribution in [0.25, 0.3) is 5.52 Å². The molecule has 0 atom stereocenters. The van der Waals surface area contributed by atoms with Gasteiger partial charge in [-0.2, -0.15) is 5.10 Å². The second kappa shape index (κ2) is 5.44. The minimum atomic E-state index is 0.0316. The molecule has 3 aromatic rings. The summed E-state index contributed by atoms with van der Waals surface area (Å²) in [5, 5.41) is 10.1. The van der Waals surface area contributed by atoms with Crippen LogP contribution in [0.15, 0.2) is 29.4 Å². The Morgan fingerprint density at radius 2 is 2.14 bits per heavy atom. The van der Waals surface area contributed by atoms with Gasteiger partial charge < -0.3 is 5.32 Å². The van der Waals surface area contributed by atoms with Crippen LogP contribution in [0, 0.1) is 0 Å². The lowest BCUT2D eigenvalue weighted by Gasteiger charge is -2.13. The van der Waals surface area contributed by atoms with Crippen LogP contribution in [0.2, 0.25) is 0 Å². The zero-order chi connectivity index (χ0) is 14.9. The molecule has 0 aliphatic heterocycles. The highest BCUT2D eigenvalue weighted by atomic mass is 32.1. The molecule has 3 aromatic heterocycles. The molecule has 0 amide bonds. The first-order valence-corrected chi connectivity index (χ1v) is 7.94. The molecule has 21 heavy (non-hydrogen) atoms. The molecule has 0 aliphatic rings. The maximum atomic E-state index is 4.63. The van der Waals surface area contributed by atoms with Crippen molar-refractivity contribution in [1.82, 2.24) is 19.6 Å². The first-order valence-electron chi connectivity index (χ1n) is 7.00. The maximum absolute atomic E-state index is 4.63. The van der Waals surface area contributed by atoms with Crippen molar-refractivity contribution in [3.8, 4) is 0 Å². The number of nitrogens with one attached hydrogen (secondary N) is 1. The van der Waals surface area contributed by atoms with E-state index in [2.05, 4.69) is 52.6 Å². The molecule has 0 spiro atoms. The van der Waals surface area contributed by atoms with Gasteiger partial charge in [0.05, 0.1) is 16.9 Å². The third kappa shape index (κ3) is 3.05. The summed E-state index contributed by atoms with van der Waals surface area (Å²) in [5.41, 5.74) is 5.09. The second-order valence-electron chi connectivity index (χ2n) is 6.04. The van der Waals surface area contributed by atoms with E-state index in [1.54, 1.807) is 17.5 Å². The first kappa shape index (κ1) is 14.0. The van der Waals surface area contributed by atoms with Gasteiger partial charge in [-0.3, -0.25) is 0 Å². The van der Waals surface area contributed by atoms with E-state index in [0.717, 1.165) is 35.7 Å². The van der Waals surface area contributed by atoms with Crippen molar-refractivity contribution in [2.45, 2.75) is 32.6 Å². The van der Waals surface area contributed by atoms with E-state index in [-0.39, 0.29) is 5.41 Å². The summed E-state index contributed by atoms with van der Waals surface area (Å²) in [5.74, 6) is 0.871. The van der Waals surface area contributed by atoms with Crippen LogP contribution in [0.3, 0.4) is 0 Å². The number of anilines is 1. The molecule has 1 N–H and O–H groups in total. The molecule has 110 valence electrons. The Morgan fingerprint density at radius 1 is 1.29 bits per heavy atom. The van der Waals surface area contributed by atoms with Crippen LogP contribution in [-0.4, -0.2) is 26.1 Å². The highest BCUT2D eigenvalue weighted by molar-refractivity contribution is 7.07. The predicted molar refractivity (Wildman–Crippen MR) is 86.0 cm³/mol. The highest BCUT2D eigenvalue weighted by Gasteiger charge is 2.18. The lowest BCUT2D eigenvalue weighted by molar-refractivity contribution is 0.562. The van der Waals surface area contributed by atoms with Crippen LogP contribution in [0.1, 0.15) is 32.2 Å². The first-order chi connectivity index (χ1) is 10.0. The molecule has 5 nitrogen and oxygen atoms in total. The fourth-order valence-corrected chi connectivity index (χ4v) is 2.69. The molecule has 0 saturated carbocycles. The Kier molecular flexibility index (Phi) is 3.63. The summed E-state index contributed by atoms with van der Waals surface area (Å²) in [7, 11) is 0. The van der Waals surface area contributed by atoms with Gasteiger partial charge in [-0.25, -0.2) is 14.5 Å². The van der Waals surface area contributed by atoms with E-state index < -0.39 is 0 Å². The number of aromatic nitrogens is 4. The molecule has 0 radical (unpaired) electrons. The largest absolute Gasteiger partial charge is 0.368 e. The fourth-order valence-electron chi connectivity index (χ4n) is 2.09. The maximum Gasteiger partial charge on any atom is 0.152 e. The molecule has 0 fully saturated rings. The summed E-state index contributed by atoms with van der Waals surface area (Å²) >= 11 is 1.63. The van der Waals surface area contributed by atoms with Crippen molar-refractivity contribution >= 4 is 22.7 Å². The van der Waals surface area contributed by atoms with Crippen molar-refractivity contribution in [1.29, 1.82) is 0 Å². The number of hydrogen-bond acceptors (Lipinski definition) is 5. The average molecular weight is 301 g/mol. The predicted octanol–water partition coefficient (Wildman–Crippen LogP) is 3.14. The standard InChI is InChI=1S/C15H19N5S/c1-15(2,3)13-8-12-14(17-6-7-20(12)19-13)16-5-4-11-9-21-10-18-11/h6-10H,4-5H2,1-3H3,(H,16,17). The normalized spacial score (nSPS) is 12.0. The zero-order valence-corrected chi connectivity index (χ0v) is 13.3. The zero-order valence-electron chi connectivity index (χ0n) is 12.5. The number of thiazole rings is 1. The average Bonchev–Trinajstić information content (AvgIpc) is 3.06. The van der Waals surface area contributed by atoms with Crippen LogP contribution >= 0.6 is 11.3 Å². The lowest BCUT2D eigenvalue weighted by atomic mass is 9.92. The number of rotatable bonds is 4. The van der Waals surface area contributed by atoms with E-state index in [4.69, 9.17) is 0 Å². The summed E-state index contributed by atoms with van der Waals surface area (Å²) in [4.78, 5) is 8.72. The smallest absolute Gasteiger partial charge is 0.152 e. The van der Waals surface area contributed by atoms with Crippen molar-refractivity contribution in [3.63, 3.8) is 0 Å². The van der Waals surface area contributed by atoms with Gasteiger partial charge in [0.25, 0.3) is 0 Å². The lowest BCUT2D eigenvalue weighted by Crippen LogP contribution is -2.11. The molecular formula is C15H19N5S. The Morgan fingerprint density at radius 3 is 2.86 bits per heavy atom. The number of hydrogen-bond donors (Lipinski definition) is 1. The Hall–Kier alpha value is -1.95. The summed E-state index contributed by atoms with van der Waals surface area (Å²) in [6, 6.07) is 2.11. The Labute approximate surface area is 128 Å². The summed E-state index contributed by atoms with van der Waals surface area (Å²) in [6.07, 6.45) is 4.56. The van der Waals surface area contributed by atoms with Crippen molar-refractivity contribution in [3.05, 3.63) is 40.7 Å². The van der Waals surface area contributed by atoms with Gasteiger partial charge in [0.1, 0.15) is 5.52 Å². The van der Waals surface area contributed by atoms with E-state index in [1.165, 1.54) is 0 Å². The van der Waals surface area contributed by atoms with Crippen LogP contribution in [-0.2, 0) is 11.8 Å². The van der Waals surface area contributed by atoms with Gasteiger partial charge in [0, 0.05) is 36.2 Å². The number of nitrogens with zero attached hydrogens (tertiary/aromatic N) is 4. The van der Waals surface area contributed by atoms with Crippen LogP contribution in [0.4, 0.5) is 5.82 Å². The highest BCUT2D eigenvalue weighted by Crippen LogP contribution is 2.24. The SMILES string of the molecule is CC(C)(C)c1cc2c(NCCc3cscn3)nccn2n1. The van der Waals surface area contributed by atoms with Gasteiger partial charge >= 0.3 is 0 Å².